The molecule has 1 saturated carbocycles. The molecule has 0 aromatic carbocycles. The number of rotatable bonds is 7. The second-order valence-corrected chi connectivity index (χ2v) is 8.94. The molecule has 158 valence electrons. The fourth-order valence-electron chi connectivity index (χ4n) is 3.22. The Kier molecular flexibility index (Phi) is 6.80. The molecule has 0 radical (unpaired) electrons. The molecule has 9 nitrogen and oxygen atoms in total. The minimum atomic E-state index is -3.46. The Hall–Kier alpha value is -2.53. The van der Waals surface area contributed by atoms with Crippen molar-refractivity contribution in [2.75, 3.05) is 17.6 Å². The summed E-state index contributed by atoms with van der Waals surface area (Å²) in [4.78, 5) is 16.0. The third-order valence-corrected chi connectivity index (χ3v) is 6.13. The van der Waals surface area contributed by atoms with Crippen molar-refractivity contribution in [1.82, 2.24) is 24.8 Å². The maximum Gasteiger partial charge on any atom is 0.320 e. The predicted octanol–water partition coefficient (Wildman–Crippen LogP) is 2.09. The minimum absolute atomic E-state index is 0.0128. The summed E-state index contributed by atoms with van der Waals surface area (Å²) in [5.74, 6) is -0.495. The Morgan fingerprint density at radius 2 is 2.07 bits per heavy atom. The summed E-state index contributed by atoms with van der Waals surface area (Å²) < 4.78 is 42.1. The van der Waals surface area contributed by atoms with Crippen LogP contribution < -0.4 is 15.4 Å². The number of carbonyl (C=O) groups excluding carboxylic acids is 1. The molecule has 2 heterocycles. The number of aryl methyl sites for hydroxylation is 1. The van der Waals surface area contributed by atoms with E-state index in [0.717, 1.165) is 32.1 Å². The van der Waals surface area contributed by atoms with Crippen molar-refractivity contribution in [2.45, 2.75) is 45.1 Å². The molecule has 1 fully saturated rings. The highest BCUT2D eigenvalue weighted by atomic mass is 32.2. The summed E-state index contributed by atoms with van der Waals surface area (Å²) in [6.45, 7) is 1.67. The molecular formula is C18H25FN6O3S. The standard InChI is InChI=1S/C18H25FN6O3S/c1-13-12-25(17-15(19)8-5-9-20-17)23-16(13)22-18(26)21-10-11-29(27,28)24-14-6-3-2-4-7-14/h5,8-9,12,14,24H,2-4,6-7,10-11H2,1H3,(H2,21,22,23,26). The Bertz CT molecular complexity index is 956. The van der Waals surface area contributed by atoms with Gasteiger partial charge >= 0.3 is 6.03 Å². The molecule has 0 bridgehead atoms. The maximum absolute atomic E-state index is 13.8. The lowest BCUT2D eigenvalue weighted by Crippen LogP contribution is -2.41. The van der Waals surface area contributed by atoms with Gasteiger partial charge in [-0.05, 0) is 31.9 Å². The lowest BCUT2D eigenvalue weighted by atomic mass is 9.96. The van der Waals surface area contributed by atoms with Crippen LogP contribution in [-0.2, 0) is 10.0 Å². The monoisotopic (exact) mass is 424 g/mol. The van der Waals surface area contributed by atoms with Gasteiger partial charge in [0.25, 0.3) is 0 Å². The molecule has 0 aliphatic heterocycles. The van der Waals surface area contributed by atoms with E-state index < -0.39 is 21.9 Å². The van der Waals surface area contributed by atoms with E-state index in [-0.39, 0.29) is 30.0 Å². The van der Waals surface area contributed by atoms with Gasteiger partial charge in [-0.1, -0.05) is 19.3 Å². The van der Waals surface area contributed by atoms with Crippen LogP contribution in [0, 0.1) is 12.7 Å². The molecule has 0 spiro atoms. The number of hydrogen-bond donors (Lipinski definition) is 3. The summed E-state index contributed by atoms with van der Waals surface area (Å²) in [6.07, 6.45) is 7.89. The number of amides is 2. The Morgan fingerprint density at radius 1 is 1.31 bits per heavy atom. The molecule has 1 aliphatic rings. The van der Waals surface area contributed by atoms with Gasteiger partial charge < -0.3 is 5.32 Å². The van der Waals surface area contributed by atoms with E-state index in [1.807, 2.05) is 0 Å². The van der Waals surface area contributed by atoms with E-state index >= 15 is 0 Å². The largest absolute Gasteiger partial charge is 0.337 e. The van der Waals surface area contributed by atoms with Crippen molar-refractivity contribution in [3.63, 3.8) is 0 Å². The Balaban J connectivity index is 1.50. The van der Waals surface area contributed by atoms with Crippen LogP contribution in [0.1, 0.15) is 37.7 Å². The first kappa shape index (κ1) is 21.2. The summed E-state index contributed by atoms with van der Waals surface area (Å²) in [6, 6.07) is 2.13. The zero-order chi connectivity index (χ0) is 20.9. The van der Waals surface area contributed by atoms with E-state index in [9.17, 15) is 17.6 Å². The first-order valence-electron chi connectivity index (χ1n) is 9.56. The van der Waals surface area contributed by atoms with Gasteiger partial charge in [-0.25, -0.2) is 32.0 Å². The van der Waals surface area contributed by atoms with Crippen LogP contribution in [0.3, 0.4) is 0 Å². The zero-order valence-electron chi connectivity index (χ0n) is 16.2. The van der Waals surface area contributed by atoms with E-state index in [2.05, 4.69) is 25.4 Å². The van der Waals surface area contributed by atoms with Gasteiger partial charge in [-0.15, -0.1) is 5.10 Å². The lowest BCUT2D eigenvalue weighted by molar-refractivity contribution is 0.252. The van der Waals surface area contributed by atoms with Crippen LogP contribution in [-0.4, -0.2) is 47.6 Å². The number of anilines is 1. The van der Waals surface area contributed by atoms with E-state index in [0.29, 0.717) is 5.56 Å². The average molecular weight is 425 g/mol. The van der Waals surface area contributed by atoms with E-state index in [1.165, 1.54) is 23.0 Å². The number of halogens is 1. The highest BCUT2D eigenvalue weighted by molar-refractivity contribution is 7.89. The minimum Gasteiger partial charge on any atom is -0.337 e. The van der Waals surface area contributed by atoms with Crippen LogP contribution in [0.25, 0.3) is 5.82 Å². The first-order valence-corrected chi connectivity index (χ1v) is 11.2. The second-order valence-electron chi connectivity index (χ2n) is 7.07. The molecule has 1 aliphatic carbocycles. The topological polar surface area (TPSA) is 118 Å². The molecule has 0 unspecified atom stereocenters. The maximum atomic E-state index is 13.8. The number of carbonyl (C=O) groups is 1. The molecule has 11 heteroatoms. The van der Waals surface area contributed by atoms with Crippen molar-refractivity contribution in [2.24, 2.45) is 0 Å². The van der Waals surface area contributed by atoms with Crippen molar-refractivity contribution < 1.29 is 17.6 Å². The SMILES string of the molecule is Cc1cn(-c2ncccc2F)nc1NC(=O)NCCS(=O)(=O)NC1CCCCC1. The summed E-state index contributed by atoms with van der Waals surface area (Å²) in [5.41, 5.74) is 0.608. The van der Waals surface area contributed by atoms with Gasteiger partial charge in [0.15, 0.2) is 17.5 Å². The molecule has 2 aromatic rings. The number of urea groups is 1. The normalized spacial score (nSPS) is 15.2. The van der Waals surface area contributed by atoms with Gasteiger partial charge in [-0.2, -0.15) is 0 Å². The molecule has 3 N–H and O–H groups in total. The molecule has 2 aromatic heterocycles. The van der Waals surface area contributed by atoms with Crippen LogP contribution in [0.5, 0.6) is 0 Å². The van der Waals surface area contributed by atoms with Crippen molar-refractivity contribution in [1.29, 1.82) is 0 Å². The molecule has 0 atom stereocenters. The smallest absolute Gasteiger partial charge is 0.320 e. The summed E-state index contributed by atoms with van der Waals surface area (Å²) in [5, 5.41) is 9.17. The zero-order valence-corrected chi connectivity index (χ0v) is 17.0. The molecular weight excluding hydrogens is 399 g/mol. The van der Waals surface area contributed by atoms with Gasteiger partial charge in [0.1, 0.15) is 0 Å². The number of pyridine rings is 1. The Morgan fingerprint density at radius 3 is 2.79 bits per heavy atom. The lowest BCUT2D eigenvalue weighted by Gasteiger charge is -2.22. The van der Waals surface area contributed by atoms with Crippen molar-refractivity contribution >= 4 is 21.9 Å². The molecule has 0 saturated heterocycles. The van der Waals surface area contributed by atoms with E-state index in [1.54, 1.807) is 13.1 Å². The number of sulfonamides is 1. The van der Waals surface area contributed by atoms with Crippen molar-refractivity contribution in [3.8, 4) is 5.82 Å². The van der Waals surface area contributed by atoms with Gasteiger partial charge in [-0.3, -0.25) is 5.32 Å². The van der Waals surface area contributed by atoms with Gasteiger partial charge in [0.2, 0.25) is 10.0 Å². The third kappa shape index (κ3) is 5.97. The van der Waals surface area contributed by atoms with Crippen LogP contribution in [0.2, 0.25) is 0 Å². The van der Waals surface area contributed by atoms with Crippen LogP contribution in [0.15, 0.2) is 24.5 Å². The van der Waals surface area contributed by atoms with Crippen LogP contribution in [0.4, 0.5) is 15.0 Å². The predicted molar refractivity (Wildman–Crippen MR) is 107 cm³/mol. The first-order chi connectivity index (χ1) is 13.8. The number of aromatic nitrogens is 3. The quantitative estimate of drug-likeness (QED) is 0.629. The molecule has 2 amide bonds. The molecule has 3 rings (SSSR count). The second kappa shape index (κ2) is 9.31. The number of nitrogens with zero attached hydrogens (tertiary/aromatic N) is 3. The van der Waals surface area contributed by atoms with E-state index in [4.69, 9.17) is 0 Å². The molecule has 29 heavy (non-hydrogen) atoms. The fourth-order valence-corrected chi connectivity index (χ4v) is 4.45. The highest BCUT2D eigenvalue weighted by Crippen LogP contribution is 2.18. The van der Waals surface area contributed by atoms with Gasteiger partial charge in [0.05, 0.1) is 5.75 Å². The van der Waals surface area contributed by atoms with Crippen molar-refractivity contribution in [3.05, 3.63) is 35.9 Å². The number of nitrogens with one attached hydrogen (secondary N) is 3. The number of hydrogen-bond acceptors (Lipinski definition) is 5. The van der Waals surface area contributed by atoms with Gasteiger partial charge in [0, 0.05) is 30.5 Å². The average Bonchev–Trinajstić information content (AvgIpc) is 3.02. The summed E-state index contributed by atoms with van der Waals surface area (Å²) >= 11 is 0. The highest BCUT2D eigenvalue weighted by Gasteiger charge is 2.20. The fraction of sp³-hybridized carbons (Fsp3) is 0.500. The summed E-state index contributed by atoms with van der Waals surface area (Å²) in [7, 11) is -3.46. The Labute approximate surface area is 169 Å². The van der Waals surface area contributed by atoms with Crippen LogP contribution >= 0.6 is 0 Å². The third-order valence-electron chi connectivity index (χ3n) is 4.69.